The molecule has 2 heterocycles. The Morgan fingerprint density at radius 2 is 1.96 bits per heavy atom. The molecular weight excluding hydrogens is 346 g/mol. The molecule has 3 aromatic rings. The lowest BCUT2D eigenvalue weighted by molar-refractivity contribution is -0.117. The summed E-state index contributed by atoms with van der Waals surface area (Å²) in [7, 11) is 0. The van der Waals surface area contributed by atoms with Gasteiger partial charge in [-0.3, -0.25) is 14.6 Å². The van der Waals surface area contributed by atoms with Crippen LogP contribution in [0.2, 0.25) is 0 Å². The highest BCUT2D eigenvalue weighted by atomic mass is 32.2. The number of carbonyl (C=O) groups excluding carboxylic acids is 2. The van der Waals surface area contributed by atoms with Gasteiger partial charge in [0, 0.05) is 23.2 Å². The van der Waals surface area contributed by atoms with Crippen LogP contribution >= 0.6 is 11.8 Å². The van der Waals surface area contributed by atoms with Crippen molar-refractivity contribution in [1.82, 2.24) is 4.98 Å². The fourth-order valence-corrected chi connectivity index (χ4v) is 3.91. The number of benzene rings is 2. The predicted molar refractivity (Wildman–Crippen MR) is 105 cm³/mol. The molecule has 2 aromatic carbocycles. The third-order valence-corrected chi connectivity index (χ3v) is 5.29. The van der Waals surface area contributed by atoms with Crippen molar-refractivity contribution in [1.29, 1.82) is 0 Å². The Kier molecular flexibility index (Phi) is 4.58. The number of fused-ring (bicyclic) bond motifs is 2. The third-order valence-electron chi connectivity index (χ3n) is 4.24. The molecule has 0 bridgehead atoms. The van der Waals surface area contributed by atoms with Gasteiger partial charge in [0.15, 0.2) is 0 Å². The monoisotopic (exact) mass is 363 g/mol. The normalized spacial score (nSPS) is 13.5. The van der Waals surface area contributed by atoms with E-state index in [1.54, 1.807) is 11.1 Å². The van der Waals surface area contributed by atoms with Crippen LogP contribution in [-0.4, -0.2) is 29.1 Å². The highest BCUT2D eigenvalue weighted by Crippen LogP contribution is 2.34. The summed E-state index contributed by atoms with van der Waals surface area (Å²) >= 11 is 1.54. The average Bonchev–Trinajstić information content (AvgIpc) is 2.67. The van der Waals surface area contributed by atoms with Gasteiger partial charge < -0.3 is 10.2 Å². The number of nitrogens with zero attached hydrogens (tertiary/aromatic N) is 2. The van der Waals surface area contributed by atoms with Crippen LogP contribution in [0, 0.1) is 0 Å². The Balaban J connectivity index is 1.43. The molecule has 2 amide bonds. The van der Waals surface area contributed by atoms with E-state index in [-0.39, 0.29) is 18.2 Å². The molecule has 26 heavy (non-hydrogen) atoms. The van der Waals surface area contributed by atoms with Crippen LogP contribution in [0.15, 0.2) is 65.7 Å². The third kappa shape index (κ3) is 3.41. The Bertz CT molecular complexity index is 989. The van der Waals surface area contributed by atoms with E-state index in [1.807, 2.05) is 54.6 Å². The van der Waals surface area contributed by atoms with E-state index in [1.165, 1.54) is 11.8 Å². The maximum Gasteiger partial charge on any atom is 0.237 e. The number of carbonyl (C=O) groups is 2. The van der Waals surface area contributed by atoms with E-state index in [9.17, 15) is 9.59 Å². The summed E-state index contributed by atoms with van der Waals surface area (Å²) in [6.07, 6.45) is 1.88. The van der Waals surface area contributed by atoms with Crippen LogP contribution in [0.5, 0.6) is 0 Å². The first-order valence-corrected chi connectivity index (χ1v) is 9.36. The van der Waals surface area contributed by atoms with Gasteiger partial charge in [0.1, 0.15) is 0 Å². The molecule has 0 saturated carbocycles. The number of hydrogen-bond donors (Lipinski definition) is 1. The number of nitrogens with one attached hydrogen (secondary N) is 1. The van der Waals surface area contributed by atoms with Crippen molar-refractivity contribution in [3.63, 3.8) is 0 Å². The summed E-state index contributed by atoms with van der Waals surface area (Å²) in [6.45, 7) is 0.364. The second kappa shape index (κ2) is 7.17. The molecule has 1 aliphatic rings. The highest BCUT2D eigenvalue weighted by molar-refractivity contribution is 8.00. The summed E-state index contributed by atoms with van der Waals surface area (Å²) in [4.78, 5) is 31.7. The van der Waals surface area contributed by atoms with Gasteiger partial charge in [-0.15, -0.1) is 11.8 Å². The molecule has 0 fully saturated rings. The average molecular weight is 363 g/mol. The summed E-state index contributed by atoms with van der Waals surface area (Å²) in [5.41, 5.74) is 2.43. The second-order valence-corrected chi connectivity index (χ2v) is 7.03. The minimum Gasteiger partial charge on any atom is -0.325 e. The lowest BCUT2D eigenvalue weighted by atomic mass is 10.2. The highest BCUT2D eigenvalue weighted by Gasteiger charge is 2.24. The van der Waals surface area contributed by atoms with E-state index in [2.05, 4.69) is 10.3 Å². The van der Waals surface area contributed by atoms with Crippen molar-refractivity contribution in [2.75, 3.05) is 22.5 Å². The number of aromatic nitrogens is 1. The molecule has 0 saturated heterocycles. The van der Waals surface area contributed by atoms with Crippen molar-refractivity contribution in [2.45, 2.75) is 11.3 Å². The van der Waals surface area contributed by atoms with Crippen molar-refractivity contribution in [2.24, 2.45) is 0 Å². The molecule has 0 unspecified atom stereocenters. The zero-order valence-electron chi connectivity index (χ0n) is 14.0. The summed E-state index contributed by atoms with van der Waals surface area (Å²) < 4.78 is 0. The minimum absolute atomic E-state index is 0.0360. The number of thioether (sulfide) groups is 1. The van der Waals surface area contributed by atoms with Gasteiger partial charge >= 0.3 is 0 Å². The summed E-state index contributed by atoms with van der Waals surface area (Å²) in [6, 6.07) is 17.4. The molecule has 4 rings (SSSR count). The molecule has 1 N–H and O–H groups in total. The topological polar surface area (TPSA) is 62.3 Å². The first-order valence-electron chi connectivity index (χ1n) is 8.37. The molecule has 0 atom stereocenters. The SMILES string of the molecule is O=C(CCN1C(=O)CSc2ccccc21)Nc1cnc2ccccc2c1. The van der Waals surface area contributed by atoms with E-state index < -0.39 is 0 Å². The van der Waals surface area contributed by atoms with Crippen LogP contribution in [0.4, 0.5) is 11.4 Å². The molecular formula is C20H17N3O2S. The first-order chi connectivity index (χ1) is 12.7. The smallest absolute Gasteiger partial charge is 0.237 e. The maximum absolute atomic E-state index is 12.3. The lowest BCUT2D eigenvalue weighted by Crippen LogP contribution is -2.37. The van der Waals surface area contributed by atoms with Crippen molar-refractivity contribution < 1.29 is 9.59 Å². The van der Waals surface area contributed by atoms with Gasteiger partial charge in [0.05, 0.1) is 28.8 Å². The molecule has 130 valence electrons. The quantitative estimate of drug-likeness (QED) is 0.768. The predicted octanol–water partition coefficient (Wildman–Crippen LogP) is 3.70. The number of pyridine rings is 1. The fraction of sp³-hybridized carbons (Fsp3) is 0.150. The van der Waals surface area contributed by atoms with Crippen LogP contribution in [0.1, 0.15) is 6.42 Å². The molecule has 1 aliphatic heterocycles. The molecule has 5 nitrogen and oxygen atoms in total. The Morgan fingerprint density at radius 1 is 1.15 bits per heavy atom. The number of anilines is 2. The van der Waals surface area contributed by atoms with Crippen LogP contribution in [-0.2, 0) is 9.59 Å². The summed E-state index contributed by atoms with van der Waals surface area (Å²) in [5, 5.41) is 3.84. The van der Waals surface area contributed by atoms with Crippen LogP contribution < -0.4 is 10.2 Å². The van der Waals surface area contributed by atoms with E-state index in [0.717, 1.165) is 21.5 Å². The van der Waals surface area contributed by atoms with Gasteiger partial charge in [0.2, 0.25) is 11.8 Å². The number of rotatable bonds is 4. The Hall–Kier alpha value is -2.86. The summed E-state index contributed by atoms with van der Waals surface area (Å²) in [5.74, 6) is 0.312. The lowest BCUT2D eigenvalue weighted by Gasteiger charge is -2.28. The van der Waals surface area contributed by atoms with Gasteiger partial charge in [-0.2, -0.15) is 0 Å². The standard InChI is InChI=1S/C20H17N3O2S/c24-19(22-15-11-14-5-1-2-6-16(14)21-12-15)9-10-23-17-7-3-4-8-18(17)26-13-20(23)25/h1-8,11-12H,9-10,13H2,(H,22,24). The largest absolute Gasteiger partial charge is 0.325 e. The van der Waals surface area contributed by atoms with E-state index >= 15 is 0 Å². The van der Waals surface area contributed by atoms with Crippen molar-refractivity contribution in [3.8, 4) is 0 Å². The maximum atomic E-state index is 12.3. The minimum atomic E-state index is -0.134. The molecule has 0 spiro atoms. The van der Waals surface area contributed by atoms with Crippen molar-refractivity contribution in [3.05, 3.63) is 60.8 Å². The molecule has 0 radical (unpaired) electrons. The van der Waals surface area contributed by atoms with Gasteiger partial charge in [-0.1, -0.05) is 30.3 Å². The van der Waals surface area contributed by atoms with Crippen molar-refractivity contribution >= 4 is 45.9 Å². The second-order valence-electron chi connectivity index (χ2n) is 6.02. The first kappa shape index (κ1) is 16.6. The number of para-hydroxylation sites is 2. The zero-order chi connectivity index (χ0) is 17.9. The van der Waals surface area contributed by atoms with Gasteiger partial charge in [-0.25, -0.2) is 0 Å². The number of amides is 2. The zero-order valence-corrected chi connectivity index (χ0v) is 14.8. The molecule has 1 aromatic heterocycles. The van der Waals surface area contributed by atoms with Gasteiger partial charge in [-0.05, 0) is 24.3 Å². The van der Waals surface area contributed by atoms with E-state index in [4.69, 9.17) is 0 Å². The van der Waals surface area contributed by atoms with Gasteiger partial charge in [0.25, 0.3) is 0 Å². The Labute approximate surface area is 155 Å². The number of hydrogen-bond acceptors (Lipinski definition) is 4. The fourth-order valence-electron chi connectivity index (χ4n) is 2.98. The molecule has 0 aliphatic carbocycles. The molecule has 6 heteroatoms. The van der Waals surface area contributed by atoms with Crippen LogP contribution in [0.3, 0.4) is 0 Å². The van der Waals surface area contributed by atoms with Crippen LogP contribution in [0.25, 0.3) is 10.9 Å². The van der Waals surface area contributed by atoms with E-state index in [0.29, 0.717) is 18.0 Å². The Morgan fingerprint density at radius 3 is 2.88 bits per heavy atom.